The third kappa shape index (κ3) is 2.70. The van der Waals surface area contributed by atoms with Crippen LogP contribution in [0.15, 0.2) is 24.3 Å². The molecule has 0 atom stereocenters. The van der Waals surface area contributed by atoms with E-state index in [0.29, 0.717) is 16.3 Å². The molecule has 0 saturated carbocycles. The van der Waals surface area contributed by atoms with Gasteiger partial charge in [-0.25, -0.2) is 0 Å². The number of aromatic nitrogens is 1. The Labute approximate surface area is 125 Å². The summed E-state index contributed by atoms with van der Waals surface area (Å²) < 4.78 is 39.2. The lowest BCUT2D eigenvalue weighted by Gasteiger charge is -2.08. The van der Waals surface area contributed by atoms with Crippen LogP contribution in [-0.4, -0.2) is 10.4 Å². The van der Waals surface area contributed by atoms with E-state index in [0.717, 1.165) is 17.8 Å². The van der Waals surface area contributed by atoms with Gasteiger partial charge in [-0.1, -0.05) is 23.7 Å². The molecule has 112 valence electrons. The highest BCUT2D eigenvalue weighted by atomic mass is 35.5. The van der Waals surface area contributed by atoms with Crippen LogP contribution in [-0.2, 0) is 13.2 Å². The number of hydrogen-bond acceptors (Lipinski definition) is 1. The highest BCUT2D eigenvalue weighted by molar-refractivity contribution is 6.33. The number of carbonyl (C=O) groups excluding carboxylic acids is 1. The first-order valence-corrected chi connectivity index (χ1v) is 6.55. The van der Waals surface area contributed by atoms with E-state index < -0.39 is 11.7 Å². The molecule has 0 spiro atoms. The van der Waals surface area contributed by atoms with E-state index in [-0.39, 0.29) is 11.3 Å². The van der Waals surface area contributed by atoms with Crippen LogP contribution in [0.2, 0.25) is 5.02 Å². The van der Waals surface area contributed by atoms with E-state index in [1.54, 1.807) is 25.5 Å². The number of hydrogen-bond donors (Lipinski definition) is 0. The molecule has 0 bridgehead atoms. The SMILES string of the molecule is Cc1c(Cl)c(C)n(C)c1C(=O)c1ccc(C(F)(F)F)cc1. The Morgan fingerprint density at radius 3 is 2.05 bits per heavy atom. The van der Waals surface area contributed by atoms with Gasteiger partial charge in [-0.05, 0) is 31.5 Å². The Hall–Kier alpha value is -1.75. The normalized spacial score (nSPS) is 11.8. The molecule has 2 rings (SSSR count). The van der Waals surface area contributed by atoms with Crippen LogP contribution < -0.4 is 0 Å². The molecule has 1 aromatic carbocycles. The average molecular weight is 316 g/mol. The summed E-state index contributed by atoms with van der Waals surface area (Å²) >= 11 is 6.10. The number of halogens is 4. The van der Waals surface area contributed by atoms with Gasteiger partial charge in [0.1, 0.15) is 0 Å². The van der Waals surface area contributed by atoms with Gasteiger partial charge in [-0.2, -0.15) is 13.2 Å². The lowest BCUT2D eigenvalue weighted by molar-refractivity contribution is -0.137. The first kappa shape index (κ1) is 15.6. The molecule has 0 radical (unpaired) electrons. The van der Waals surface area contributed by atoms with Crippen molar-refractivity contribution < 1.29 is 18.0 Å². The third-order valence-corrected chi connectivity index (χ3v) is 4.09. The van der Waals surface area contributed by atoms with Crippen LogP contribution in [0.4, 0.5) is 13.2 Å². The molecule has 2 nitrogen and oxygen atoms in total. The van der Waals surface area contributed by atoms with E-state index >= 15 is 0 Å². The van der Waals surface area contributed by atoms with Gasteiger partial charge in [-0.15, -0.1) is 0 Å². The summed E-state index contributed by atoms with van der Waals surface area (Å²) in [4.78, 5) is 12.5. The molecule has 0 aliphatic carbocycles. The van der Waals surface area contributed by atoms with Gasteiger partial charge < -0.3 is 4.57 Å². The molecule has 2 aromatic rings. The maximum atomic E-state index is 12.5. The molecule has 6 heteroatoms. The molecule has 0 aliphatic rings. The molecule has 0 saturated heterocycles. The molecule has 0 fully saturated rings. The second-order valence-corrected chi connectivity index (χ2v) is 5.21. The lowest BCUT2D eigenvalue weighted by Crippen LogP contribution is -2.11. The highest BCUT2D eigenvalue weighted by Gasteiger charge is 2.30. The maximum absolute atomic E-state index is 12.5. The fraction of sp³-hybridized carbons (Fsp3) is 0.267. The monoisotopic (exact) mass is 315 g/mol. The summed E-state index contributed by atoms with van der Waals surface area (Å²) in [7, 11) is 1.70. The van der Waals surface area contributed by atoms with Gasteiger partial charge >= 0.3 is 6.18 Å². The van der Waals surface area contributed by atoms with Crippen molar-refractivity contribution in [2.75, 3.05) is 0 Å². The van der Waals surface area contributed by atoms with Gasteiger partial charge in [-0.3, -0.25) is 4.79 Å². The summed E-state index contributed by atoms with van der Waals surface area (Å²) in [6, 6.07) is 4.17. The molecular weight excluding hydrogens is 303 g/mol. The summed E-state index contributed by atoms with van der Waals surface area (Å²) in [5.41, 5.74) is 1.17. The molecule has 0 unspecified atom stereocenters. The second-order valence-electron chi connectivity index (χ2n) is 4.84. The topological polar surface area (TPSA) is 22.0 Å². The zero-order valence-corrected chi connectivity index (χ0v) is 12.4. The number of alkyl halides is 3. The largest absolute Gasteiger partial charge is 0.416 e. The van der Waals surface area contributed by atoms with Gasteiger partial charge in [0.05, 0.1) is 16.3 Å². The summed E-state index contributed by atoms with van der Waals surface area (Å²) in [6.07, 6.45) is -4.41. The molecule has 1 aromatic heterocycles. The van der Waals surface area contributed by atoms with E-state index in [4.69, 9.17) is 11.6 Å². The minimum atomic E-state index is -4.41. The standard InChI is InChI=1S/C15H13ClF3NO/c1-8-12(16)9(2)20(3)13(8)14(21)10-4-6-11(7-5-10)15(17,18)19/h4-7H,1-3H3. The zero-order chi connectivity index (χ0) is 15.9. The van der Waals surface area contributed by atoms with Crippen molar-refractivity contribution in [3.8, 4) is 0 Å². The molecule has 0 N–H and O–H groups in total. The molecule has 21 heavy (non-hydrogen) atoms. The van der Waals surface area contributed by atoms with Crippen molar-refractivity contribution >= 4 is 17.4 Å². The van der Waals surface area contributed by atoms with Crippen molar-refractivity contribution in [2.24, 2.45) is 7.05 Å². The highest BCUT2D eigenvalue weighted by Crippen LogP contribution is 2.31. The predicted octanol–water partition coefficient (Wildman–Crippen LogP) is 4.55. The number of rotatable bonds is 2. The number of carbonyl (C=O) groups is 1. The van der Waals surface area contributed by atoms with Crippen molar-refractivity contribution in [1.29, 1.82) is 0 Å². The van der Waals surface area contributed by atoms with Crippen LogP contribution in [0, 0.1) is 13.8 Å². The van der Waals surface area contributed by atoms with Crippen LogP contribution in [0.1, 0.15) is 32.9 Å². The Kier molecular flexibility index (Phi) is 3.89. The molecule has 0 aliphatic heterocycles. The van der Waals surface area contributed by atoms with Crippen molar-refractivity contribution in [3.05, 3.63) is 57.4 Å². The first-order valence-electron chi connectivity index (χ1n) is 6.18. The van der Waals surface area contributed by atoms with Gasteiger partial charge in [0, 0.05) is 18.3 Å². The summed E-state index contributed by atoms with van der Waals surface area (Å²) in [5.74, 6) is -0.348. The zero-order valence-electron chi connectivity index (χ0n) is 11.7. The molecular formula is C15H13ClF3NO. The summed E-state index contributed by atoms with van der Waals surface area (Å²) in [6.45, 7) is 3.49. The second kappa shape index (κ2) is 5.22. The minimum absolute atomic E-state index is 0.198. The van der Waals surface area contributed by atoms with E-state index in [1.165, 1.54) is 12.1 Å². The Bertz CT molecular complexity index is 674. The fourth-order valence-corrected chi connectivity index (χ4v) is 2.43. The van der Waals surface area contributed by atoms with E-state index in [2.05, 4.69) is 0 Å². The first-order chi connectivity index (χ1) is 9.64. The Morgan fingerprint density at radius 1 is 1.14 bits per heavy atom. The smallest absolute Gasteiger partial charge is 0.344 e. The third-order valence-electron chi connectivity index (χ3n) is 3.53. The number of ketones is 1. The summed E-state index contributed by atoms with van der Waals surface area (Å²) in [5, 5.41) is 0.493. The quantitative estimate of drug-likeness (QED) is 0.745. The van der Waals surface area contributed by atoms with Crippen molar-refractivity contribution in [2.45, 2.75) is 20.0 Å². The molecule has 0 amide bonds. The van der Waals surface area contributed by atoms with Crippen LogP contribution in [0.5, 0.6) is 0 Å². The van der Waals surface area contributed by atoms with Crippen LogP contribution in [0.3, 0.4) is 0 Å². The predicted molar refractivity (Wildman–Crippen MR) is 74.8 cm³/mol. The van der Waals surface area contributed by atoms with Crippen molar-refractivity contribution in [1.82, 2.24) is 4.57 Å². The van der Waals surface area contributed by atoms with Gasteiger partial charge in [0.15, 0.2) is 0 Å². The Morgan fingerprint density at radius 2 is 1.67 bits per heavy atom. The lowest BCUT2D eigenvalue weighted by atomic mass is 10.0. The fourth-order valence-electron chi connectivity index (χ4n) is 2.21. The molecule has 1 heterocycles. The Balaban J connectivity index is 2.44. The van der Waals surface area contributed by atoms with E-state index in [9.17, 15) is 18.0 Å². The van der Waals surface area contributed by atoms with Crippen LogP contribution in [0.25, 0.3) is 0 Å². The van der Waals surface area contributed by atoms with Gasteiger partial charge in [0.25, 0.3) is 0 Å². The average Bonchev–Trinajstić information content (AvgIpc) is 2.62. The number of benzene rings is 1. The van der Waals surface area contributed by atoms with Gasteiger partial charge in [0.2, 0.25) is 5.78 Å². The van der Waals surface area contributed by atoms with Crippen molar-refractivity contribution in [3.63, 3.8) is 0 Å². The maximum Gasteiger partial charge on any atom is 0.416 e. The van der Waals surface area contributed by atoms with Crippen LogP contribution >= 0.6 is 11.6 Å². The minimum Gasteiger partial charge on any atom is -0.344 e. The van der Waals surface area contributed by atoms with E-state index in [1.807, 2.05) is 0 Å². The number of nitrogens with zero attached hydrogens (tertiary/aromatic N) is 1.